The molecular weight excluding hydrogens is 476 g/mol. The highest BCUT2D eigenvalue weighted by Gasteiger charge is 2.19. The SMILES string of the molecule is CCCN(CCO)C(=O)c1cncc(-c2nc(NCc3ccccc3)c3c(-c4ccccc4)ccn3n2)c1. The Kier molecular flexibility index (Phi) is 7.70. The maximum Gasteiger partial charge on any atom is 0.255 e. The predicted molar refractivity (Wildman–Crippen MR) is 149 cm³/mol. The molecule has 3 heterocycles. The molecule has 0 aliphatic rings. The van der Waals surface area contributed by atoms with Crippen molar-refractivity contribution in [2.45, 2.75) is 19.9 Å². The van der Waals surface area contributed by atoms with E-state index in [0.29, 0.717) is 35.9 Å². The summed E-state index contributed by atoms with van der Waals surface area (Å²) in [6.07, 6.45) is 5.93. The second kappa shape index (κ2) is 11.7. The number of hydrogen-bond donors (Lipinski definition) is 2. The molecule has 2 aromatic carbocycles. The Labute approximate surface area is 221 Å². The van der Waals surface area contributed by atoms with E-state index in [4.69, 9.17) is 10.1 Å². The van der Waals surface area contributed by atoms with Crippen LogP contribution < -0.4 is 5.32 Å². The summed E-state index contributed by atoms with van der Waals surface area (Å²) in [5.41, 5.74) is 5.17. The van der Waals surface area contributed by atoms with Gasteiger partial charge < -0.3 is 15.3 Å². The van der Waals surface area contributed by atoms with E-state index < -0.39 is 0 Å². The number of nitrogens with one attached hydrogen (secondary N) is 1. The second-order valence-electron chi connectivity index (χ2n) is 8.99. The Morgan fingerprint density at radius 2 is 1.74 bits per heavy atom. The van der Waals surface area contributed by atoms with E-state index in [2.05, 4.69) is 34.6 Å². The number of rotatable bonds is 10. The van der Waals surface area contributed by atoms with Gasteiger partial charge in [-0.2, -0.15) is 0 Å². The molecule has 1 amide bonds. The maximum absolute atomic E-state index is 13.1. The fraction of sp³-hybridized carbons (Fsp3) is 0.200. The van der Waals surface area contributed by atoms with Crippen LogP contribution in [-0.2, 0) is 6.54 Å². The standard InChI is InChI=1S/C30H30N6O2/c1-2-14-35(16-17-37)30(38)25-18-24(20-31-21-25)28-33-29(32-19-22-9-5-3-6-10-22)27-26(13-15-36(27)34-28)23-11-7-4-8-12-23/h3-13,15,18,20-21,37H,2,14,16-17,19H2,1H3,(H,32,33,34). The molecular formula is C30H30N6O2. The van der Waals surface area contributed by atoms with Gasteiger partial charge in [0.1, 0.15) is 5.52 Å². The van der Waals surface area contributed by atoms with Crippen LogP contribution in [0.5, 0.6) is 0 Å². The second-order valence-corrected chi connectivity index (χ2v) is 8.99. The number of aromatic nitrogens is 4. The first kappa shape index (κ1) is 25.1. The number of hydrogen-bond acceptors (Lipinski definition) is 6. The highest BCUT2D eigenvalue weighted by Crippen LogP contribution is 2.31. The maximum atomic E-state index is 13.1. The van der Waals surface area contributed by atoms with Crippen molar-refractivity contribution >= 4 is 17.2 Å². The first-order chi connectivity index (χ1) is 18.7. The zero-order valence-electron chi connectivity index (χ0n) is 21.3. The normalized spacial score (nSPS) is 11.0. The smallest absolute Gasteiger partial charge is 0.255 e. The number of pyridine rings is 1. The molecule has 0 saturated heterocycles. The number of nitrogens with zero attached hydrogens (tertiary/aromatic N) is 5. The molecule has 0 fully saturated rings. The first-order valence-electron chi connectivity index (χ1n) is 12.8. The van der Waals surface area contributed by atoms with E-state index in [9.17, 15) is 9.90 Å². The van der Waals surface area contributed by atoms with Crippen LogP contribution >= 0.6 is 0 Å². The van der Waals surface area contributed by atoms with Crippen molar-refractivity contribution < 1.29 is 9.90 Å². The Morgan fingerprint density at radius 3 is 2.47 bits per heavy atom. The van der Waals surface area contributed by atoms with Crippen molar-refractivity contribution in [1.29, 1.82) is 0 Å². The third-order valence-corrected chi connectivity index (χ3v) is 6.29. The van der Waals surface area contributed by atoms with Crippen molar-refractivity contribution in [3.63, 3.8) is 0 Å². The van der Waals surface area contributed by atoms with Crippen molar-refractivity contribution in [2.24, 2.45) is 0 Å². The van der Waals surface area contributed by atoms with E-state index in [-0.39, 0.29) is 19.1 Å². The first-order valence-corrected chi connectivity index (χ1v) is 12.8. The summed E-state index contributed by atoms with van der Waals surface area (Å²) in [6.45, 7) is 3.34. The number of anilines is 1. The van der Waals surface area contributed by atoms with Gasteiger partial charge in [0.2, 0.25) is 0 Å². The summed E-state index contributed by atoms with van der Waals surface area (Å²) >= 11 is 0. The Morgan fingerprint density at radius 1 is 0.974 bits per heavy atom. The number of benzene rings is 2. The zero-order valence-corrected chi connectivity index (χ0v) is 21.3. The van der Waals surface area contributed by atoms with Gasteiger partial charge in [-0.05, 0) is 29.7 Å². The Hall–Kier alpha value is -4.56. The van der Waals surface area contributed by atoms with Crippen LogP contribution in [0.3, 0.4) is 0 Å². The van der Waals surface area contributed by atoms with Crippen LogP contribution in [0, 0.1) is 0 Å². The summed E-state index contributed by atoms with van der Waals surface area (Å²) in [7, 11) is 0. The number of aliphatic hydroxyl groups is 1. The minimum absolute atomic E-state index is 0.0908. The topological polar surface area (TPSA) is 95.6 Å². The van der Waals surface area contributed by atoms with E-state index in [1.165, 1.54) is 0 Å². The van der Waals surface area contributed by atoms with E-state index >= 15 is 0 Å². The molecule has 5 aromatic rings. The van der Waals surface area contributed by atoms with Crippen LogP contribution in [-0.4, -0.2) is 55.2 Å². The van der Waals surface area contributed by atoms with Gasteiger partial charge in [0.05, 0.1) is 12.2 Å². The summed E-state index contributed by atoms with van der Waals surface area (Å²) in [6, 6.07) is 24.1. The molecule has 0 aliphatic heterocycles. The molecule has 0 unspecified atom stereocenters. The summed E-state index contributed by atoms with van der Waals surface area (Å²) in [5, 5.41) is 17.7. The van der Waals surface area contributed by atoms with Gasteiger partial charge in [-0.25, -0.2) is 9.50 Å². The molecule has 0 radical (unpaired) electrons. The molecule has 8 heteroatoms. The summed E-state index contributed by atoms with van der Waals surface area (Å²) in [5.74, 6) is 0.966. The lowest BCUT2D eigenvalue weighted by molar-refractivity contribution is 0.0721. The molecule has 38 heavy (non-hydrogen) atoms. The van der Waals surface area contributed by atoms with E-state index in [1.54, 1.807) is 23.4 Å². The number of carbonyl (C=O) groups is 1. The van der Waals surface area contributed by atoms with Gasteiger partial charge in [-0.1, -0.05) is 67.6 Å². The monoisotopic (exact) mass is 506 g/mol. The van der Waals surface area contributed by atoms with Gasteiger partial charge in [-0.3, -0.25) is 9.78 Å². The minimum atomic E-state index is -0.175. The quantitative estimate of drug-likeness (QED) is 0.279. The van der Waals surface area contributed by atoms with Crippen molar-refractivity contribution in [3.8, 4) is 22.5 Å². The third-order valence-electron chi connectivity index (χ3n) is 6.29. The lowest BCUT2D eigenvalue weighted by Crippen LogP contribution is -2.34. The highest BCUT2D eigenvalue weighted by molar-refractivity contribution is 5.95. The number of aliphatic hydroxyl groups excluding tert-OH is 1. The number of carbonyl (C=O) groups excluding carboxylic acids is 1. The van der Waals surface area contributed by atoms with E-state index in [0.717, 1.165) is 28.6 Å². The molecule has 0 atom stereocenters. The molecule has 8 nitrogen and oxygen atoms in total. The molecule has 0 saturated carbocycles. The summed E-state index contributed by atoms with van der Waals surface area (Å²) in [4.78, 5) is 24.0. The average Bonchev–Trinajstić information content (AvgIpc) is 3.41. The van der Waals surface area contributed by atoms with Gasteiger partial charge in [-0.15, -0.1) is 5.10 Å². The van der Waals surface area contributed by atoms with Crippen molar-refractivity contribution in [2.75, 3.05) is 25.0 Å². The molecule has 5 rings (SSSR count). The van der Waals surface area contributed by atoms with Gasteiger partial charge in [0.15, 0.2) is 11.6 Å². The van der Waals surface area contributed by atoms with Crippen molar-refractivity contribution in [1.82, 2.24) is 24.5 Å². The summed E-state index contributed by atoms with van der Waals surface area (Å²) < 4.78 is 1.82. The third kappa shape index (κ3) is 5.40. The lowest BCUT2D eigenvalue weighted by atomic mass is 10.1. The van der Waals surface area contributed by atoms with Crippen LogP contribution in [0.4, 0.5) is 5.82 Å². The van der Waals surface area contributed by atoms with Crippen molar-refractivity contribution in [3.05, 3.63) is 103 Å². The Balaban J connectivity index is 1.56. The van der Waals surface area contributed by atoms with Gasteiger partial charge in [0, 0.05) is 49.4 Å². The molecule has 0 bridgehead atoms. The number of fused-ring (bicyclic) bond motifs is 1. The molecule has 192 valence electrons. The molecule has 2 N–H and O–H groups in total. The highest BCUT2D eigenvalue weighted by atomic mass is 16.3. The fourth-order valence-electron chi connectivity index (χ4n) is 4.47. The van der Waals surface area contributed by atoms with Gasteiger partial charge >= 0.3 is 0 Å². The predicted octanol–water partition coefficient (Wildman–Crippen LogP) is 4.91. The van der Waals surface area contributed by atoms with Crippen LogP contribution in [0.25, 0.3) is 28.0 Å². The van der Waals surface area contributed by atoms with Crippen LogP contribution in [0.2, 0.25) is 0 Å². The largest absolute Gasteiger partial charge is 0.395 e. The van der Waals surface area contributed by atoms with Crippen LogP contribution in [0.1, 0.15) is 29.3 Å². The minimum Gasteiger partial charge on any atom is -0.395 e. The van der Waals surface area contributed by atoms with Crippen LogP contribution in [0.15, 0.2) is 91.4 Å². The average molecular weight is 507 g/mol. The molecule has 3 aromatic heterocycles. The molecule has 0 spiro atoms. The fourth-order valence-corrected chi connectivity index (χ4v) is 4.47. The zero-order chi connectivity index (χ0) is 26.3. The Bertz CT molecular complexity index is 1510. The lowest BCUT2D eigenvalue weighted by Gasteiger charge is -2.21. The number of amides is 1. The molecule has 0 aliphatic carbocycles. The van der Waals surface area contributed by atoms with E-state index in [1.807, 2.05) is 60.1 Å². The van der Waals surface area contributed by atoms with Gasteiger partial charge in [0.25, 0.3) is 5.91 Å².